The van der Waals surface area contributed by atoms with Crippen molar-refractivity contribution in [3.63, 3.8) is 0 Å². The van der Waals surface area contributed by atoms with E-state index in [1.165, 1.54) is 37.9 Å². The normalized spacial score (nSPS) is 25.4. The van der Waals surface area contributed by atoms with Crippen molar-refractivity contribution in [1.29, 1.82) is 0 Å². The van der Waals surface area contributed by atoms with E-state index in [4.69, 9.17) is 0 Å². The van der Waals surface area contributed by atoms with Crippen LogP contribution in [0.5, 0.6) is 0 Å². The molecule has 1 aliphatic rings. The quantitative estimate of drug-likeness (QED) is 0.847. The predicted octanol–water partition coefficient (Wildman–Crippen LogP) is 3.46. The van der Waals surface area contributed by atoms with Gasteiger partial charge in [0.25, 0.3) is 0 Å². The first-order valence-corrected chi connectivity index (χ1v) is 6.09. The zero-order valence-corrected chi connectivity index (χ0v) is 9.75. The summed E-state index contributed by atoms with van der Waals surface area (Å²) in [6.45, 7) is 3.28. The average molecular weight is 222 g/mol. The molecule has 1 aromatic heterocycles. The highest BCUT2D eigenvalue weighted by Gasteiger charge is 2.18. The summed E-state index contributed by atoms with van der Waals surface area (Å²) >= 11 is 0. The standard InChI is InChI=1S/C13H19FN2/c1-10-3-2-4-11(7-10)8-15-13-6-5-12(14)9-16-13/h5-6,9-11H,2-4,7-8H2,1H3,(H,15,16). The molecule has 0 radical (unpaired) electrons. The van der Waals surface area contributed by atoms with E-state index in [9.17, 15) is 4.39 Å². The van der Waals surface area contributed by atoms with Gasteiger partial charge in [-0.25, -0.2) is 9.37 Å². The lowest BCUT2D eigenvalue weighted by Gasteiger charge is -2.26. The second-order valence-electron chi connectivity index (χ2n) is 4.88. The largest absolute Gasteiger partial charge is 0.370 e. The van der Waals surface area contributed by atoms with Crippen molar-refractivity contribution in [3.8, 4) is 0 Å². The number of halogens is 1. The monoisotopic (exact) mass is 222 g/mol. The van der Waals surface area contributed by atoms with Crippen molar-refractivity contribution in [3.05, 3.63) is 24.1 Å². The Morgan fingerprint density at radius 3 is 3.00 bits per heavy atom. The minimum atomic E-state index is -0.281. The molecule has 2 nitrogen and oxygen atoms in total. The number of nitrogens with one attached hydrogen (secondary N) is 1. The van der Waals surface area contributed by atoms with Crippen LogP contribution in [0.1, 0.15) is 32.6 Å². The third-order valence-electron chi connectivity index (χ3n) is 3.34. The molecule has 16 heavy (non-hydrogen) atoms. The summed E-state index contributed by atoms with van der Waals surface area (Å²) in [5.74, 6) is 2.09. The Morgan fingerprint density at radius 1 is 1.44 bits per heavy atom. The Kier molecular flexibility index (Phi) is 3.75. The van der Waals surface area contributed by atoms with Crippen molar-refractivity contribution < 1.29 is 4.39 Å². The first-order valence-electron chi connectivity index (χ1n) is 6.09. The van der Waals surface area contributed by atoms with Gasteiger partial charge in [-0.05, 0) is 36.8 Å². The van der Waals surface area contributed by atoms with E-state index in [0.717, 1.165) is 24.2 Å². The maximum atomic E-state index is 12.6. The second kappa shape index (κ2) is 5.28. The highest BCUT2D eigenvalue weighted by atomic mass is 19.1. The Bertz CT molecular complexity index is 323. The Labute approximate surface area is 96.3 Å². The summed E-state index contributed by atoms with van der Waals surface area (Å²) in [7, 11) is 0. The predicted molar refractivity (Wildman–Crippen MR) is 63.8 cm³/mol. The third-order valence-corrected chi connectivity index (χ3v) is 3.34. The zero-order chi connectivity index (χ0) is 11.4. The number of rotatable bonds is 3. The van der Waals surface area contributed by atoms with E-state index in [0.29, 0.717) is 0 Å². The lowest BCUT2D eigenvalue weighted by atomic mass is 9.82. The highest BCUT2D eigenvalue weighted by Crippen LogP contribution is 2.28. The van der Waals surface area contributed by atoms with E-state index in [1.54, 1.807) is 6.07 Å². The molecule has 3 heteroatoms. The number of anilines is 1. The van der Waals surface area contributed by atoms with Gasteiger partial charge in [0.05, 0.1) is 6.20 Å². The molecular formula is C13H19FN2. The van der Waals surface area contributed by atoms with Crippen molar-refractivity contribution in [2.45, 2.75) is 32.6 Å². The van der Waals surface area contributed by atoms with Gasteiger partial charge in [0.1, 0.15) is 11.6 Å². The molecule has 2 rings (SSSR count). The SMILES string of the molecule is CC1CCCC(CNc2ccc(F)cn2)C1. The lowest BCUT2D eigenvalue weighted by molar-refractivity contribution is 0.293. The van der Waals surface area contributed by atoms with Crippen LogP contribution in [0.2, 0.25) is 0 Å². The summed E-state index contributed by atoms with van der Waals surface area (Å²) in [5.41, 5.74) is 0. The van der Waals surface area contributed by atoms with Crippen molar-refractivity contribution in [2.75, 3.05) is 11.9 Å². The van der Waals surface area contributed by atoms with Crippen LogP contribution in [0.25, 0.3) is 0 Å². The molecule has 1 heterocycles. The number of hydrogen-bond donors (Lipinski definition) is 1. The van der Waals surface area contributed by atoms with Gasteiger partial charge in [0, 0.05) is 6.54 Å². The van der Waals surface area contributed by atoms with Gasteiger partial charge in [0.15, 0.2) is 0 Å². The first kappa shape index (κ1) is 11.4. The molecule has 0 saturated heterocycles. The van der Waals surface area contributed by atoms with Gasteiger partial charge in [-0.2, -0.15) is 0 Å². The van der Waals surface area contributed by atoms with Gasteiger partial charge in [-0.15, -0.1) is 0 Å². The number of nitrogens with zero attached hydrogens (tertiary/aromatic N) is 1. The highest BCUT2D eigenvalue weighted by molar-refractivity contribution is 5.33. The summed E-state index contributed by atoms with van der Waals surface area (Å²) in [4.78, 5) is 4.00. The fraction of sp³-hybridized carbons (Fsp3) is 0.615. The van der Waals surface area contributed by atoms with Crippen LogP contribution < -0.4 is 5.32 Å². The lowest BCUT2D eigenvalue weighted by Crippen LogP contribution is -2.21. The smallest absolute Gasteiger partial charge is 0.141 e. The van der Waals surface area contributed by atoms with Gasteiger partial charge >= 0.3 is 0 Å². The van der Waals surface area contributed by atoms with Crippen LogP contribution in [0.3, 0.4) is 0 Å². The molecule has 0 bridgehead atoms. The molecule has 1 aromatic rings. The van der Waals surface area contributed by atoms with Crippen LogP contribution in [-0.4, -0.2) is 11.5 Å². The fourth-order valence-corrected chi connectivity index (χ4v) is 2.47. The first-order chi connectivity index (χ1) is 7.74. The van der Waals surface area contributed by atoms with Crippen LogP contribution in [0, 0.1) is 17.7 Å². The van der Waals surface area contributed by atoms with E-state index >= 15 is 0 Å². The molecule has 0 spiro atoms. The molecule has 2 unspecified atom stereocenters. The maximum Gasteiger partial charge on any atom is 0.141 e. The Morgan fingerprint density at radius 2 is 2.31 bits per heavy atom. The number of pyridine rings is 1. The van der Waals surface area contributed by atoms with E-state index in [2.05, 4.69) is 17.2 Å². The van der Waals surface area contributed by atoms with Gasteiger partial charge in [0.2, 0.25) is 0 Å². The average Bonchev–Trinajstić information content (AvgIpc) is 2.28. The molecule has 1 N–H and O–H groups in total. The van der Waals surface area contributed by atoms with E-state index in [-0.39, 0.29) is 5.82 Å². The van der Waals surface area contributed by atoms with Gasteiger partial charge in [-0.3, -0.25) is 0 Å². The molecule has 0 amide bonds. The molecule has 1 saturated carbocycles. The van der Waals surface area contributed by atoms with Crippen LogP contribution >= 0.6 is 0 Å². The summed E-state index contributed by atoms with van der Waals surface area (Å²) in [6, 6.07) is 3.14. The summed E-state index contributed by atoms with van der Waals surface area (Å²) in [6.07, 6.45) is 6.56. The molecule has 0 aromatic carbocycles. The zero-order valence-electron chi connectivity index (χ0n) is 9.75. The second-order valence-corrected chi connectivity index (χ2v) is 4.88. The van der Waals surface area contributed by atoms with E-state index < -0.39 is 0 Å². The van der Waals surface area contributed by atoms with Crippen molar-refractivity contribution in [2.24, 2.45) is 11.8 Å². The number of hydrogen-bond acceptors (Lipinski definition) is 2. The van der Waals surface area contributed by atoms with Crippen LogP contribution in [-0.2, 0) is 0 Å². The van der Waals surface area contributed by atoms with Crippen molar-refractivity contribution >= 4 is 5.82 Å². The minimum Gasteiger partial charge on any atom is -0.370 e. The molecule has 2 atom stereocenters. The summed E-state index contributed by atoms with van der Waals surface area (Å²) in [5, 5.41) is 3.28. The Balaban J connectivity index is 1.80. The maximum absolute atomic E-state index is 12.6. The fourth-order valence-electron chi connectivity index (χ4n) is 2.47. The topological polar surface area (TPSA) is 24.9 Å². The van der Waals surface area contributed by atoms with E-state index in [1.807, 2.05) is 0 Å². The molecule has 0 aliphatic heterocycles. The molecular weight excluding hydrogens is 203 g/mol. The molecule has 1 aliphatic carbocycles. The Hall–Kier alpha value is -1.12. The van der Waals surface area contributed by atoms with Crippen LogP contribution in [0.15, 0.2) is 18.3 Å². The van der Waals surface area contributed by atoms with Gasteiger partial charge in [-0.1, -0.05) is 19.8 Å². The molecule has 1 fully saturated rings. The summed E-state index contributed by atoms with van der Waals surface area (Å²) < 4.78 is 12.6. The van der Waals surface area contributed by atoms with Gasteiger partial charge < -0.3 is 5.32 Å². The molecule has 88 valence electrons. The minimum absolute atomic E-state index is 0.281. The van der Waals surface area contributed by atoms with Crippen LogP contribution in [0.4, 0.5) is 10.2 Å². The third kappa shape index (κ3) is 3.19. The number of aromatic nitrogens is 1. The van der Waals surface area contributed by atoms with Crippen molar-refractivity contribution in [1.82, 2.24) is 4.98 Å².